The van der Waals surface area contributed by atoms with E-state index in [2.05, 4.69) is 4.98 Å². The van der Waals surface area contributed by atoms with E-state index >= 15 is 0 Å². The van der Waals surface area contributed by atoms with E-state index < -0.39 is 29.7 Å². The quantitative estimate of drug-likeness (QED) is 0.572. The largest absolute Gasteiger partial charge is 0.452 e. The average Bonchev–Trinajstić information content (AvgIpc) is 2.70. The van der Waals surface area contributed by atoms with Crippen LogP contribution >= 0.6 is 0 Å². The standard InChI is InChI=1S/C23H32N4O5/c1-6-8-10-26(19-20(24)27(9-7-2)23(31)25-21(19)29)17(28)13-32-22(30)18-15(4)11-14(3)12-16(18)5/h11-12H,6-10,13,24H2,1-5H3,(H,25,29,31). The number of hydrogen-bond donors (Lipinski definition) is 2. The summed E-state index contributed by atoms with van der Waals surface area (Å²) in [4.78, 5) is 53.8. The van der Waals surface area contributed by atoms with Gasteiger partial charge in [-0.1, -0.05) is 38.0 Å². The van der Waals surface area contributed by atoms with Crippen LogP contribution in [0, 0.1) is 20.8 Å². The zero-order valence-electron chi connectivity index (χ0n) is 19.4. The number of nitrogen functional groups attached to an aromatic ring is 1. The maximum Gasteiger partial charge on any atom is 0.339 e. The summed E-state index contributed by atoms with van der Waals surface area (Å²) in [6.07, 6.45) is 1.98. The zero-order chi connectivity index (χ0) is 24.0. The highest BCUT2D eigenvalue weighted by molar-refractivity contribution is 5.99. The number of aryl methyl sites for hydroxylation is 3. The lowest BCUT2D eigenvalue weighted by Crippen LogP contribution is -2.43. The van der Waals surface area contributed by atoms with Gasteiger partial charge in [0.2, 0.25) is 0 Å². The molecule has 0 saturated carbocycles. The second-order valence-electron chi connectivity index (χ2n) is 7.89. The Hall–Kier alpha value is -3.36. The average molecular weight is 445 g/mol. The van der Waals surface area contributed by atoms with E-state index in [1.54, 1.807) is 0 Å². The number of carbonyl (C=O) groups excluding carboxylic acids is 2. The van der Waals surface area contributed by atoms with Crippen molar-refractivity contribution in [3.63, 3.8) is 0 Å². The van der Waals surface area contributed by atoms with Gasteiger partial charge in [0.25, 0.3) is 11.5 Å². The minimum atomic E-state index is -0.749. The third-order valence-electron chi connectivity index (χ3n) is 5.18. The molecule has 3 N–H and O–H groups in total. The first-order valence-electron chi connectivity index (χ1n) is 10.8. The van der Waals surface area contributed by atoms with Crippen molar-refractivity contribution < 1.29 is 14.3 Å². The van der Waals surface area contributed by atoms with Gasteiger partial charge in [0.05, 0.1) is 5.56 Å². The van der Waals surface area contributed by atoms with Gasteiger partial charge in [0, 0.05) is 13.1 Å². The summed E-state index contributed by atoms with van der Waals surface area (Å²) in [5.74, 6) is -1.28. The van der Waals surface area contributed by atoms with Gasteiger partial charge < -0.3 is 15.4 Å². The lowest BCUT2D eigenvalue weighted by Gasteiger charge is -2.24. The Morgan fingerprint density at radius 1 is 1.09 bits per heavy atom. The Morgan fingerprint density at radius 2 is 1.72 bits per heavy atom. The van der Waals surface area contributed by atoms with Crippen molar-refractivity contribution in [1.82, 2.24) is 9.55 Å². The first-order valence-corrected chi connectivity index (χ1v) is 10.8. The molecular formula is C23H32N4O5. The predicted octanol–water partition coefficient (Wildman–Crippen LogP) is 2.44. The predicted molar refractivity (Wildman–Crippen MR) is 124 cm³/mol. The normalized spacial score (nSPS) is 10.8. The number of esters is 1. The second-order valence-corrected chi connectivity index (χ2v) is 7.89. The van der Waals surface area contributed by atoms with Gasteiger partial charge >= 0.3 is 11.7 Å². The molecule has 2 aromatic rings. The molecule has 0 radical (unpaired) electrons. The molecular weight excluding hydrogens is 412 g/mol. The molecule has 0 aliphatic rings. The van der Waals surface area contributed by atoms with E-state index in [-0.39, 0.29) is 18.1 Å². The molecule has 1 heterocycles. The van der Waals surface area contributed by atoms with Crippen molar-refractivity contribution >= 4 is 23.4 Å². The smallest absolute Gasteiger partial charge is 0.339 e. The Balaban J connectivity index is 2.34. The molecule has 9 nitrogen and oxygen atoms in total. The molecule has 0 aliphatic carbocycles. The molecule has 0 unspecified atom stereocenters. The van der Waals surface area contributed by atoms with Gasteiger partial charge in [0.1, 0.15) is 5.82 Å². The van der Waals surface area contributed by atoms with E-state index in [0.29, 0.717) is 24.9 Å². The van der Waals surface area contributed by atoms with E-state index in [4.69, 9.17) is 10.5 Å². The van der Waals surface area contributed by atoms with Crippen LogP contribution in [0.15, 0.2) is 21.7 Å². The minimum absolute atomic E-state index is 0.0818. The Kier molecular flexibility index (Phi) is 8.40. The molecule has 1 aromatic heterocycles. The molecule has 0 atom stereocenters. The lowest BCUT2D eigenvalue weighted by molar-refractivity contribution is -0.121. The summed E-state index contributed by atoms with van der Waals surface area (Å²) < 4.78 is 6.53. The number of amides is 1. The van der Waals surface area contributed by atoms with E-state index in [0.717, 1.165) is 23.1 Å². The number of rotatable bonds is 9. The Morgan fingerprint density at radius 3 is 2.28 bits per heavy atom. The molecule has 0 spiro atoms. The van der Waals surface area contributed by atoms with E-state index in [1.807, 2.05) is 46.8 Å². The van der Waals surface area contributed by atoms with Crippen molar-refractivity contribution in [2.75, 3.05) is 23.8 Å². The van der Waals surface area contributed by atoms with Gasteiger partial charge in [-0.3, -0.25) is 19.1 Å². The summed E-state index contributed by atoms with van der Waals surface area (Å²) in [6, 6.07) is 3.74. The third-order valence-corrected chi connectivity index (χ3v) is 5.18. The highest BCUT2D eigenvalue weighted by atomic mass is 16.5. The number of aromatic amines is 1. The molecule has 174 valence electrons. The summed E-state index contributed by atoms with van der Waals surface area (Å²) >= 11 is 0. The van der Waals surface area contributed by atoms with Crippen molar-refractivity contribution in [2.24, 2.45) is 0 Å². The van der Waals surface area contributed by atoms with E-state index in [9.17, 15) is 19.2 Å². The molecule has 9 heteroatoms. The van der Waals surface area contributed by atoms with Crippen LogP contribution in [0.3, 0.4) is 0 Å². The van der Waals surface area contributed by atoms with Gasteiger partial charge in [-0.2, -0.15) is 0 Å². The first kappa shape index (κ1) is 24.9. The fourth-order valence-electron chi connectivity index (χ4n) is 3.74. The number of anilines is 2. The van der Waals surface area contributed by atoms with Gasteiger partial charge in [-0.15, -0.1) is 0 Å². The van der Waals surface area contributed by atoms with Crippen LogP contribution in [0.25, 0.3) is 0 Å². The number of benzene rings is 1. The van der Waals surface area contributed by atoms with Crippen LogP contribution < -0.4 is 21.9 Å². The topological polar surface area (TPSA) is 127 Å². The zero-order valence-corrected chi connectivity index (χ0v) is 19.4. The van der Waals surface area contributed by atoms with Crippen LogP contribution in [-0.2, 0) is 16.1 Å². The fourth-order valence-corrected chi connectivity index (χ4v) is 3.74. The van der Waals surface area contributed by atoms with Crippen LogP contribution in [0.5, 0.6) is 0 Å². The van der Waals surface area contributed by atoms with Crippen LogP contribution in [0.2, 0.25) is 0 Å². The lowest BCUT2D eigenvalue weighted by atomic mass is 10.00. The number of nitrogens with zero attached hydrogens (tertiary/aromatic N) is 2. The first-order chi connectivity index (χ1) is 15.1. The molecule has 32 heavy (non-hydrogen) atoms. The van der Waals surface area contributed by atoms with Gasteiger partial charge in [-0.05, 0) is 44.7 Å². The van der Waals surface area contributed by atoms with Crippen molar-refractivity contribution in [2.45, 2.75) is 60.4 Å². The maximum atomic E-state index is 13.0. The number of aromatic nitrogens is 2. The number of hydrogen-bond acceptors (Lipinski definition) is 6. The summed E-state index contributed by atoms with van der Waals surface area (Å²) in [7, 11) is 0. The molecule has 2 rings (SSSR count). The fraction of sp³-hybridized carbons (Fsp3) is 0.478. The molecule has 0 fully saturated rings. The number of nitrogens with one attached hydrogen (secondary N) is 1. The summed E-state index contributed by atoms with van der Waals surface area (Å²) in [5, 5.41) is 0. The van der Waals surface area contributed by atoms with Crippen molar-refractivity contribution in [1.29, 1.82) is 0 Å². The molecule has 0 bridgehead atoms. The Bertz CT molecular complexity index is 1090. The summed E-state index contributed by atoms with van der Waals surface area (Å²) in [6.45, 7) is 9.30. The molecule has 0 aliphatic heterocycles. The minimum Gasteiger partial charge on any atom is -0.452 e. The number of H-pyrrole nitrogens is 1. The van der Waals surface area contributed by atoms with Crippen molar-refractivity contribution in [3.05, 3.63) is 55.2 Å². The van der Waals surface area contributed by atoms with Gasteiger partial charge in [-0.25, -0.2) is 9.59 Å². The highest BCUT2D eigenvalue weighted by Crippen LogP contribution is 2.20. The monoisotopic (exact) mass is 444 g/mol. The summed E-state index contributed by atoms with van der Waals surface area (Å²) in [5.41, 5.74) is 7.60. The number of ether oxygens (including phenoxy) is 1. The highest BCUT2D eigenvalue weighted by Gasteiger charge is 2.25. The molecule has 0 saturated heterocycles. The van der Waals surface area contributed by atoms with Gasteiger partial charge in [0.15, 0.2) is 12.3 Å². The number of carbonyl (C=O) groups is 2. The third kappa shape index (κ3) is 5.46. The van der Waals surface area contributed by atoms with E-state index in [1.165, 1.54) is 9.47 Å². The Labute approximate surface area is 187 Å². The van der Waals surface area contributed by atoms with Crippen molar-refractivity contribution in [3.8, 4) is 0 Å². The maximum absolute atomic E-state index is 13.0. The number of nitrogens with two attached hydrogens (primary N) is 1. The molecule has 1 aromatic carbocycles. The SMILES string of the molecule is CCCCN(C(=O)COC(=O)c1c(C)cc(C)cc1C)c1c(N)n(CCC)c(=O)[nH]c1=O. The van der Waals surface area contributed by atoms with Crippen LogP contribution in [0.4, 0.5) is 11.5 Å². The van der Waals surface area contributed by atoms with Crippen LogP contribution in [-0.4, -0.2) is 34.6 Å². The van der Waals surface area contributed by atoms with Crippen LogP contribution in [0.1, 0.15) is 60.2 Å². The second kappa shape index (κ2) is 10.8. The number of unbranched alkanes of at least 4 members (excludes halogenated alkanes) is 1. The molecule has 1 amide bonds.